The Morgan fingerprint density at radius 2 is 2.24 bits per heavy atom. The van der Waals surface area contributed by atoms with Crippen LogP contribution in [0.25, 0.3) is 5.65 Å². The van der Waals surface area contributed by atoms with Crippen molar-refractivity contribution in [2.75, 3.05) is 44.2 Å². The number of nitrogens with zero attached hydrogens (tertiary/aromatic N) is 7. The van der Waals surface area contributed by atoms with Gasteiger partial charge < -0.3 is 19.9 Å². The van der Waals surface area contributed by atoms with Crippen molar-refractivity contribution in [3.63, 3.8) is 0 Å². The maximum absolute atomic E-state index is 12.8. The summed E-state index contributed by atoms with van der Waals surface area (Å²) >= 11 is 0. The van der Waals surface area contributed by atoms with Crippen LogP contribution in [0.3, 0.4) is 0 Å². The molecule has 156 valence electrons. The molecule has 1 saturated heterocycles. The Kier molecular flexibility index (Phi) is 7.06. The summed E-state index contributed by atoms with van der Waals surface area (Å²) in [7, 11) is 0. The lowest BCUT2D eigenvalue weighted by Crippen LogP contribution is -2.48. The van der Waals surface area contributed by atoms with Crippen molar-refractivity contribution in [2.45, 2.75) is 25.9 Å². The Morgan fingerprint density at radius 1 is 1.38 bits per heavy atom. The van der Waals surface area contributed by atoms with Crippen molar-refractivity contribution in [3.05, 3.63) is 25.0 Å². The van der Waals surface area contributed by atoms with Gasteiger partial charge in [0.25, 0.3) is 5.91 Å². The van der Waals surface area contributed by atoms with Gasteiger partial charge in [0.15, 0.2) is 5.82 Å². The Balaban J connectivity index is 1.75. The maximum Gasteiger partial charge on any atom is 0.251 e. The number of carbonyl (C=O) groups excluding carboxylic acids is 2. The van der Waals surface area contributed by atoms with Gasteiger partial charge >= 0.3 is 0 Å². The van der Waals surface area contributed by atoms with E-state index in [0.29, 0.717) is 57.2 Å². The summed E-state index contributed by atoms with van der Waals surface area (Å²) in [5.41, 5.74) is 0.523. The van der Waals surface area contributed by atoms with E-state index < -0.39 is 6.10 Å². The Hall–Kier alpha value is -3.08. The third-order valence-corrected chi connectivity index (χ3v) is 4.70. The highest BCUT2D eigenvalue weighted by Gasteiger charge is 2.24. The van der Waals surface area contributed by atoms with Crippen LogP contribution in [-0.2, 0) is 14.3 Å². The standard InChI is InChI=1S/C18H26N8O3/c1-3-4-13-29-14(2)18(28)25-8-5-15(27)19-6-9-24(11-12-25)16-17-21-22-23-26(17)10-7-20-16/h3,7,10,14H,1,4-6,8-9,11-13H2,2H3,(H,19,27). The van der Waals surface area contributed by atoms with Gasteiger partial charge in [-0.1, -0.05) is 6.08 Å². The van der Waals surface area contributed by atoms with Crippen LogP contribution in [0, 0.1) is 0 Å². The molecule has 0 aromatic carbocycles. The molecule has 11 nitrogen and oxygen atoms in total. The fourth-order valence-electron chi connectivity index (χ4n) is 3.10. The second kappa shape index (κ2) is 9.92. The smallest absolute Gasteiger partial charge is 0.251 e. The van der Waals surface area contributed by atoms with Crippen molar-refractivity contribution >= 4 is 23.3 Å². The minimum absolute atomic E-state index is 0.0970. The lowest BCUT2D eigenvalue weighted by atomic mass is 10.2. The monoisotopic (exact) mass is 402 g/mol. The zero-order valence-corrected chi connectivity index (χ0v) is 16.5. The van der Waals surface area contributed by atoms with E-state index in [1.54, 1.807) is 30.3 Å². The molecule has 0 radical (unpaired) electrons. The van der Waals surface area contributed by atoms with Gasteiger partial charge in [0.2, 0.25) is 11.6 Å². The fraction of sp³-hybridized carbons (Fsp3) is 0.556. The number of anilines is 1. The highest BCUT2D eigenvalue weighted by molar-refractivity contribution is 5.82. The number of ether oxygens (including phenoxy) is 1. The van der Waals surface area contributed by atoms with E-state index in [9.17, 15) is 9.59 Å². The minimum atomic E-state index is -0.586. The normalized spacial score (nSPS) is 17.1. The average Bonchev–Trinajstić information content (AvgIpc) is 3.21. The van der Waals surface area contributed by atoms with Crippen LogP contribution >= 0.6 is 0 Å². The van der Waals surface area contributed by atoms with E-state index in [0.717, 1.165) is 0 Å². The van der Waals surface area contributed by atoms with Crippen LogP contribution in [0.5, 0.6) is 0 Å². The molecule has 0 saturated carbocycles. The van der Waals surface area contributed by atoms with E-state index >= 15 is 0 Å². The van der Waals surface area contributed by atoms with Crippen molar-refractivity contribution in [2.24, 2.45) is 0 Å². The van der Waals surface area contributed by atoms with E-state index in [1.807, 2.05) is 4.90 Å². The highest BCUT2D eigenvalue weighted by atomic mass is 16.5. The molecule has 29 heavy (non-hydrogen) atoms. The molecule has 1 N–H and O–H groups in total. The van der Waals surface area contributed by atoms with Gasteiger partial charge in [0.05, 0.1) is 12.8 Å². The van der Waals surface area contributed by atoms with Gasteiger partial charge in [-0.2, -0.15) is 4.52 Å². The van der Waals surface area contributed by atoms with Gasteiger partial charge in [-0.15, -0.1) is 11.7 Å². The number of nitrogens with one attached hydrogen (secondary N) is 1. The summed E-state index contributed by atoms with van der Waals surface area (Å²) in [6.07, 6.45) is 5.38. The summed E-state index contributed by atoms with van der Waals surface area (Å²) in [5.74, 6) is 0.368. The average molecular weight is 402 g/mol. The predicted molar refractivity (Wildman–Crippen MR) is 105 cm³/mol. The first-order valence-electron chi connectivity index (χ1n) is 9.65. The number of carbonyl (C=O) groups is 2. The van der Waals surface area contributed by atoms with Crippen LogP contribution in [0.1, 0.15) is 19.8 Å². The van der Waals surface area contributed by atoms with Gasteiger partial charge in [-0.05, 0) is 23.8 Å². The molecule has 3 rings (SSSR count). The first-order valence-corrected chi connectivity index (χ1v) is 9.65. The molecule has 1 aliphatic heterocycles. The molecule has 0 aliphatic carbocycles. The van der Waals surface area contributed by atoms with Crippen molar-refractivity contribution in [3.8, 4) is 0 Å². The third-order valence-electron chi connectivity index (χ3n) is 4.70. The molecule has 11 heteroatoms. The van der Waals surface area contributed by atoms with E-state index in [-0.39, 0.29) is 18.2 Å². The van der Waals surface area contributed by atoms with Crippen LogP contribution in [0.15, 0.2) is 25.0 Å². The molecule has 0 bridgehead atoms. The zero-order valence-electron chi connectivity index (χ0n) is 16.5. The summed E-state index contributed by atoms with van der Waals surface area (Å²) in [4.78, 5) is 33.0. The molecular formula is C18H26N8O3. The second-order valence-corrected chi connectivity index (χ2v) is 6.70. The molecule has 0 spiro atoms. The van der Waals surface area contributed by atoms with E-state index in [4.69, 9.17) is 4.74 Å². The number of amides is 2. The Morgan fingerprint density at radius 3 is 3.07 bits per heavy atom. The quantitative estimate of drug-likeness (QED) is 0.515. The zero-order chi connectivity index (χ0) is 20.6. The first-order chi connectivity index (χ1) is 14.1. The third kappa shape index (κ3) is 5.25. The first kappa shape index (κ1) is 20.6. The van der Waals surface area contributed by atoms with Crippen LogP contribution in [0.4, 0.5) is 5.82 Å². The number of fused-ring (bicyclic) bond motifs is 1. The summed E-state index contributed by atoms with van der Waals surface area (Å²) in [6.45, 7) is 8.10. The Bertz CT molecular complexity index is 854. The molecule has 1 atom stereocenters. The molecular weight excluding hydrogens is 376 g/mol. The van der Waals surface area contributed by atoms with Gasteiger partial charge in [0.1, 0.15) is 6.10 Å². The van der Waals surface area contributed by atoms with Crippen molar-refractivity contribution < 1.29 is 14.3 Å². The summed E-state index contributed by atoms with van der Waals surface area (Å²) in [5, 5.41) is 14.5. The largest absolute Gasteiger partial charge is 0.368 e. The van der Waals surface area contributed by atoms with Crippen molar-refractivity contribution in [1.29, 1.82) is 0 Å². The molecule has 1 fully saturated rings. The van der Waals surface area contributed by atoms with Gasteiger partial charge in [-0.25, -0.2) is 4.98 Å². The summed E-state index contributed by atoms with van der Waals surface area (Å²) in [6, 6.07) is 0. The van der Waals surface area contributed by atoms with Gasteiger partial charge in [0, 0.05) is 45.3 Å². The van der Waals surface area contributed by atoms with E-state index in [2.05, 4.69) is 32.4 Å². The molecule has 3 heterocycles. The maximum atomic E-state index is 12.8. The number of hydrogen-bond donors (Lipinski definition) is 1. The van der Waals surface area contributed by atoms with Crippen LogP contribution in [0.2, 0.25) is 0 Å². The predicted octanol–water partition coefficient (Wildman–Crippen LogP) is -0.345. The molecule has 2 amide bonds. The Labute approximate surface area is 168 Å². The van der Waals surface area contributed by atoms with E-state index in [1.165, 1.54) is 4.52 Å². The number of tetrazole rings is 1. The second-order valence-electron chi connectivity index (χ2n) is 6.70. The highest BCUT2D eigenvalue weighted by Crippen LogP contribution is 2.15. The number of rotatable bonds is 6. The number of aromatic nitrogens is 5. The van der Waals surface area contributed by atoms with Crippen molar-refractivity contribution in [1.82, 2.24) is 35.2 Å². The number of hydrogen-bond acceptors (Lipinski definition) is 8. The molecule has 2 aromatic heterocycles. The van der Waals surface area contributed by atoms with Crippen LogP contribution < -0.4 is 10.2 Å². The molecule has 2 aromatic rings. The minimum Gasteiger partial charge on any atom is -0.368 e. The fourth-order valence-corrected chi connectivity index (χ4v) is 3.10. The topological polar surface area (TPSA) is 118 Å². The van der Waals surface area contributed by atoms with Crippen LogP contribution in [-0.4, -0.2) is 87.2 Å². The lowest BCUT2D eigenvalue weighted by molar-refractivity contribution is -0.142. The van der Waals surface area contributed by atoms with Gasteiger partial charge in [-0.3, -0.25) is 9.59 Å². The SMILES string of the molecule is C=CCCOC(C)C(=O)N1CCC(=O)NCCN(c2nccn3nnnc23)CC1. The lowest BCUT2D eigenvalue weighted by Gasteiger charge is -2.31. The molecule has 1 aliphatic rings. The summed E-state index contributed by atoms with van der Waals surface area (Å²) < 4.78 is 7.13. The molecule has 1 unspecified atom stereocenters.